The van der Waals surface area contributed by atoms with Gasteiger partial charge in [-0.3, -0.25) is 10.1 Å². The van der Waals surface area contributed by atoms with Crippen molar-refractivity contribution < 1.29 is 9.66 Å². The fraction of sp³-hybridized carbons (Fsp3) is 0.182. The highest BCUT2D eigenvalue weighted by Crippen LogP contribution is 2.13. The molecule has 1 aliphatic rings. The Labute approximate surface area is 92.2 Å². The Morgan fingerprint density at radius 2 is 2.00 bits per heavy atom. The van der Waals surface area contributed by atoms with E-state index in [4.69, 9.17) is 4.74 Å². The maximum Gasteiger partial charge on any atom is 0.269 e. The molecule has 1 aromatic rings. The molecule has 0 saturated heterocycles. The molecule has 5 heteroatoms. The molecular formula is C11H10N2O3. The summed E-state index contributed by atoms with van der Waals surface area (Å²) >= 11 is 0. The normalized spacial score (nSPS) is 14.9. The maximum absolute atomic E-state index is 10.5. The third-order valence-electron chi connectivity index (χ3n) is 2.15. The Morgan fingerprint density at radius 1 is 1.25 bits per heavy atom. The highest BCUT2D eigenvalue weighted by atomic mass is 16.6. The first-order valence-electron chi connectivity index (χ1n) is 4.84. The van der Waals surface area contributed by atoms with Crippen LogP contribution in [0.3, 0.4) is 0 Å². The van der Waals surface area contributed by atoms with Crippen LogP contribution in [0.25, 0.3) is 0 Å². The van der Waals surface area contributed by atoms with Gasteiger partial charge in [0.15, 0.2) is 0 Å². The molecule has 82 valence electrons. The molecule has 0 N–H and O–H groups in total. The van der Waals surface area contributed by atoms with Crippen molar-refractivity contribution in [2.75, 3.05) is 13.2 Å². The van der Waals surface area contributed by atoms with Gasteiger partial charge in [0.1, 0.15) is 6.61 Å². The van der Waals surface area contributed by atoms with E-state index in [0.717, 1.165) is 5.56 Å². The Bertz CT molecular complexity index is 449. The minimum atomic E-state index is -0.429. The average Bonchev–Trinajstić information content (AvgIpc) is 2.57. The van der Waals surface area contributed by atoms with Gasteiger partial charge >= 0.3 is 0 Å². The van der Waals surface area contributed by atoms with Crippen LogP contribution < -0.4 is 0 Å². The number of ether oxygens (including phenoxy) is 1. The Hall–Kier alpha value is -2.17. The number of non-ortho nitro benzene ring substituents is 1. The van der Waals surface area contributed by atoms with Crippen molar-refractivity contribution in [3.05, 3.63) is 52.1 Å². The van der Waals surface area contributed by atoms with E-state index < -0.39 is 4.92 Å². The van der Waals surface area contributed by atoms with Crippen LogP contribution in [0.15, 0.2) is 41.4 Å². The average molecular weight is 218 g/mol. The van der Waals surface area contributed by atoms with E-state index in [9.17, 15) is 10.1 Å². The van der Waals surface area contributed by atoms with E-state index in [0.29, 0.717) is 19.0 Å². The van der Waals surface area contributed by atoms with Gasteiger partial charge in [0.2, 0.25) is 5.90 Å². The lowest BCUT2D eigenvalue weighted by Gasteiger charge is -2.05. The molecule has 0 atom stereocenters. The molecule has 0 aliphatic carbocycles. The molecule has 5 nitrogen and oxygen atoms in total. The molecule has 0 radical (unpaired) electrons. The first-order chi connectivity index (χ1) is 7.77. The summed E-state index contributed by atoms with van der Waals surface area (Å²) in [5.41, 5.74) is 0.824. The zero-order chi connectivity index (χ0) is 11.4. The minimum absolute atomic E-state index is 0.0658. The fourth-order valence-electron chi connectivity index (χ4n) is 1.35. The number of hydrogen-bond donors (Lipinski definition) is 0. The zero-order valence-corrected chi connectivity index (χ0v) is 8.50. The SMILES string of the molecule is O=[N+]([O-])c1ccc(C2=NCC=CCO2)cc1. The summed E-state index contributed by atoms with van der Waals surface area (Å²) in [6, 6.07) is 6.17. The van der Waals surface area contributed by atoms with E-state index in [1.54, 1.807) is 12.1 Å². The summed E-state index contributed by atoms with van der Waals surface area (Å²) in [6.07, 6.45) is 3.81. The Balaban J connectivity index is 2.21. The molecule has 0 fully saturated rings. The van der Waals surface area contributed by atoms with E-state index in [-0.39, 0.29) is 5.69 Å². The number of nitro groups is 1. The molecule has 2 rings (SSSR count). The predicted octanol–water partition coefficient (Wildman–Crippen LogP) is 1.93. The molecule has 16 heavy (non-hydrogen) atoms. The Kier molecular flexibility index (Phi) is 2.95. The third kappa shape index (κ3) is 2.25. The van der Waals surface area contributed by atoms with Crippen molar-refractivity contribution in [3.63, 3.8) is 0 Å². The maximum atomic E-state index is 10.5. The fourth-order valence-corrected chi connectivity index (χ4v) is 1.35. The van der Waals surface area contributed by atoms with Crippen LogP contribution in [-0.4, -0.2) is 24.0 Å². The van der Waals surface area contributed by atoms with Gasteiger partial charge < -0.3 is 4.74 Å². The summed E-state index contributed by atoms with van der Waals surface area (Å²) < 4.78 is 5.38. The van der Waals surface area contributed by atoms with Crippen LogP contribution in [0.4, 0.5) is 5.69 Å². The summed E-state index contributed by atoms with van der Waals surface area (Å²) in [5.74, 6) is 0.528. The molecule has 1 aliphatic heterocycles. The van der Waals surface area contributed by atoms with E-state index >= 15 is 0 Å². The van der Waals surface area contributed by atoms with Crippen molar-refractivity contribution in [2.45, 2.75) is 0 Å². The standard InChI is InChI=1S/C11H10N2O3/c14-13(15)10-5-3-9(4-6-10)11-12-7-1-2-8-16-11/h1-6H,7-8H2. The highest BCUT2D eigenvalue weighted by Gasteiger charge is 2.09. The minimum Gasteiger partial charge on any atom is -0.473 e. The Morgan fingerprint density at radius 3 is 2.69 bits per heavy atom. The molecule has 0 aromatic heterocycles. The zero-order valence-electron chi connectivity index (χ0n) is 8.50. The molecule has 0 amide bonds. The van der Waals surface area contributed by atoms with Crippen molar-refractivity contribution in [2.24, 2.45) is 4.99 Å². The first kappa shape index (κ1) is 10.4. The lowest BCUT2D eigenvalue weighted by atomic mass is 10.2. The van der Waals surface area contributed by atoms with Gasteiger partial charge in [-0.05, 0) is 18.2 Å². The highest BCUT2D eigenvalue weighted by molar-refractivity contribution is 5.94. The van der Waals surface area contributed by atoms with E-state index in [1.807, 2.05) is 12.2 Å². The molecular weight excluding hydrogens is 208 g/mol. The van der Waals surface area contributed by atoms with Gasteiger partial charge in [-0.25, -0.2) is 4.99 Å². The van der Waals surface area contributed by atoms with Crippen molar-refractivity contribution >= 4 is 11.6 Å². The molecule has 0 bridgehead atoms. The second-order valence-corrected chi connectivity index (χ2v) is 3.23. The predicted molar refractivity (Wildman–Crippen MR) is 59.6 cm³/mol. The van der Waals surface area contributed by atoms with Crippen LogP contribution in [0.1, 0.15) is 5.56 Å². The lowest BCUT2D eigenvalue weighted by Crippen LogP contribution is -2.06. The van der Waals surface area contributed by atoms with Crippen LogP contribution in [0.2, 0.25) is 0 Å². The second-order valence-electron chi connectivity index (χ2n) is 3.23. The number of aliphatic imine (C=N–C) groups is 1. The largest absolute Gasteiger partial charge is 0.473 e. The smallest absolute Gasteiger partial charge is 0.269 e. The second kappa shape index (κ2) is 4.57. The van der Waals surface area contributed by atoms with Crippen LogP contribution in [-0.2, 0) is 4.74 Å². The number of rotatable bonds is 2. The number of nitrogens with zero attached hydrogens (tertiary/aromatic N) is 2. The summed E-state index contributed by atoms with van der Waals surface area (Å²) in [7, 11) is 0. The lowest BCUT2D eigenvalue weighted by molar-refractivity contribution is -0.384. The van der Waals surface area contributed by atoms with Gasteiger partial charge in [-0.2, -0.15) is 0 Å². The van der Waals surface area contributed by atoms with Crippen LogP contribution >= 0.6 is 0 Å². The third-order valence-corrected chi connectivity index (χ3v) is 2.15. The van der Waals surface area contributed by atoms with Crippen molar-refractivity contribution in [3.8, 4) is 0 Å². The monoisotopic (exact) mass is 218 g/mol. The molecule has 0 spiro atoms. The van der Waals surface area contributed by atoms with Gasteiger partial charge in [-0.1, -0.05) is 6.08 Å². The van der Waals surface area contributed by atoms with Crippen LogP contribution in [0, 0.1) is 10.1 Å². The topological polar surface area (TPSA) is 64.7 Å². The summed E-state index contributed by atoms with van der Waals surface area (Å²) in [6.45, 7) is 1.06. The molecule has 1 aromatic carbocycles. The number of nitro benzene ring substituents is 1. The van der Waals surface area contributed by atoms with Gasteiger partial charge in [0.25, 0.3) is 5.69 Å². The quantitative estimate of drug-likeness (QED) is 0.432. The van der Waals surface area contributed by atoms with Gasteiger partial charge in [0.05, 0.1) is 11.5 Å². The van der Waals surface area contributed by atoms with Gasteiger partial charge in [-0.15, -0.1) is 0 Å². The van der Waals surface area contributed by atoms with Gasteiger partial charge in [0, 0.05) is 17.7 Å². The van der Waals surface area contributed by atoms with Crippen molar-refractivity contribution in [1.29, 1.82) is 0 Å². The first-order valence-corrected chi connectivity index (χ1v) is 4.84. The molecule has 0 saturated carbocycles. The molecule has 1 heterocycles. The van der Waals surface area contributed by atoms with Crippen molar-refractivity contribution in [1.82, 2.24) is 0 Å². The summed E-state index contributed by atoms with van der Waals surface area (Å²) in [5, 5.41) is 10.5. The van der Waals surface area contributed by atoms with E-state index in [2.05, 4.69) is 4.99 Å². The molecule has 0 unspecified atom stereocenters. The van der Waals surface area contributed by atoms with Crippen LogP contribution in [0.5, 0.6) is 0 Å². The van der Waals surface area contributed by atoms with E-state index in [1.165, 1.54) is 12.1 Å². The summed E-state index contributed by atoms with van der Waals surface area (Å²) in [4.78, 5) is 14.3. The number of benzene rings is 1. The number of hydrogen-bond acceptors (Lipinski definition) is 4.